The van der Waals surface area contributed by atoms with Gasteiger partial charge in [-0.2, -0.15) is 0 Å². The first kappa shape index (κ1) is 9.51. The molecule has 2 aromatic rings. The van der Waals surface area contributed by atoms with E-state index in [-0.39, 0.29) is 5.52 Å². The molecule has 2 rings (SSSR count). The van der Waals surface area contributed by atoms with Crippen LogP contribution < -0.4 is 0 Å². The fourth-order valence-corrected chi connectivity index (χ4v) is 1.26. The van der Waals surface area contributed by atoms with Crippen molar-refractivity contribution in [3.05, 3.63) is 41.6 Å². The van der Waals surface area contributed by atoms with Crippen molar-refractivity contribution in [2.45, 2.75) is 0 Å². The summed E-state index contributed by atoms with van der Waals surface area (Å²) in [5.74, 6) is -2.95. The lowest BCUT2D eigenvalue weighted by Gasteiger charge is -2.00. The van der Waals surface area contributed by atoms with Crippen molar-refractivity contribution in [3.63, 3.8) is 0 Å². The summed E-state index contributed by atoms with van der Waals surface area (Å²) in [5.41, 5.74) is -0.582. The van der Waals surface area contributed by atoms with Crippen molar-refractivity contribution in [3.8, 4) is 0 Å². The molecule has 0 aliphatic rings. The molecule has 1 aromatic heterocycles. The highest BCUT2D eigenvalue weighted by Gasteiger charge is 2.13. The zero-order valence-corrected chi connectivity index (χ0v) is 7.37. The number of halogens is 2. The Morgan fingerprint density at radius 2 is 2.00 bits per heavy atom. The lowest BCUT2D eigenvalue weighted by atomic mass is 10.2. The number of rotatable bonds is 1. The lowest BCUT2D eigenvalue weighted by molar-refractivity contribution is 0.0685. The molecule has 0 aliphatic carbocycles. The predicted molar refractivity (Wildman–Crippen MR) is 48.6 cm³/mol. The summed E-state index contributed by atoms with van der Waals surface area (Å²) >= 11 is 0. The first-order chi connectivity index (χ1) is 7.08. The fourth-order valence-electron chi connectivity index (χ4n) is 1.26. The Morgan fingerprint density at radius 1 is 1.27 bits per heavy atom. The number of benzene rings is 1. The Balaban J connectivity index is 2.77. The van der Waals surface area contributed by atoms with E-state index in [4.69, 9.17) is 5.11 Å². The van der Waals surface area contributed by atoms with Gasteiger partial charge in [0.25, 0.3) is 0 Å². The maximum absolute atomic E-state index is 13.1. The van der Waals surface area contributed by atoms with Gasteiger partial charge in [-0.15, -0.1) is 0 Å². The molecule has 0 saturated heterocycles. The van der Waals surface area contributed by atoms with Gasteiger partial charge in [0.2, 0.25) is 0 Å². The molecule has 0 aliphatic heterocycles. The number of carboxylic acid groups (broad SMARTS) is 1. The summed E-state index contributed by atoms with van der Waals surface area (Å²) in [6.45, 7) is 0. The van der Waals surface area contributed by atoms with Crippen molar-refractivity contribution in [2.24, 2.45) is 0 Å². The van der Waals surface area contributed by atoms with Gasteiger partial charge >= 0.3 is 5.97 Å². The molecule has 3 nitrogen and oxygen atoms in total. The minimum Gasteiger partial charge on any atom is -0.476 e. The van der Waals surface area contributed by atoms with Crippen LogP contribution in [0.15, 0.2) is 24.3 Å². The molecule has 5 heteroatoms. The monoisotopic (exact) mass is 209 g/mol. The van der Waals surface area contributed by atoms with Crippen LogP contribution >= 0.6 is 0 Å². The molecule has 1 heterocycles. The molecular formula is C10H5F2NO2. The summed E-state index contributed by atoms with van der Waals surface area (Å²) in [7, 11) is 0. The molecule has 0 atom stereocenters. The van der Waals surface area contributed by atoms with Crippen LogP contribution in [0, 0.1) is 11.6 Å². The molecule has 0 fully saturated rings. The van der Waals surface area contributed by atoms with Crippen LogP contribution in [-0.2, 0) is 0 Å². The van der Waals surface area contributed by atoms with Gasteiger partial charge in [-0.1, -0.05) is 0 Å². The van der Waals surface area contributed by atoms with Gasteiger partial charge in [0.15, 0.2) is 11.5 Å². The number of aromatic carboxylic acids is 1. The van der Waals surface area contributed by atoms with Gasteiger partial charge in [0, 0.05) is 11.5 Å². The van der Waals surface area contributed by atoms with Crippen LogP contribution in [0.2, 0.25) is 0 Å². The van der Waals surface area contributed by atoms with Crippen LogP contribution in [-0.4, -0.2) is 16.1 Å². The highest BCUT2D eigenvalue weighted by atomic mass is 19.1. The van der Waals surface area contributed by atoms with E-state index in [9.17, 15) is 13.6 Å². The summed E-state index contributed by atoms with van der Waals surface area (Å²) in [4.78, 5) is 14.1. The normalized spacial score (nSPS) is 10.5. The third-order valence-corrected chi connectivity index (χ3v) is 1.94. The van der Waals surface area contributed by atoms with E-state index in [0.717, 1.165) is 18.2 Å². The first-order valence-corrected chi connectivity index (χ1v) is 4.07. The standard InChI is InChI=1S/C10H5F2NO2/c11-6-2-1-5-3-7(12)9(10(14)15)13-8(5)4-6/h1-4H,(H,14,15). The Hall–Kier alpha value is -2.04. The van der Waals surface area contributed by atoms with E-state index in [1.807, 2.05) is 0 Å². The number of nitrogens with zero attached hydrogens (tertiary/aromatic N) is 1. The molecule has 0 amide bonds. The number of aromatic nitrogens is 1. The second kappa shape index (κ2) is 3.27. The second-order valence-electron chi connectivity index (χ2n) is 2.96. The van der Waals surface area contributed by atoms with E-state index in [2.05, 4.69) is 4.98 Å². The number of hydrogen-bond donors (Lipinski definition) is 1. The van der Waals surface area contributed by atoms with Crippen molar-refractivity contribution in [1.82, 2.24) is 4.98 Å². The van der Waals surface area contributed by atoms with E-state index in [1.165, 1.54) is 6.07 Å². The highest BCUT2D eigenvalue weighted by Crippen LogP contribution is 2.16. The zero-order chi connectivity index (χ0) is 11.0. The minimum atomic E-state index is -1.47. The molecule has 0 saturated carbocycles. The highest BCUT2D eigenvalue weighted by molar-refractivity contribution is 5.90. The van der Waals surface area contributed by atoms with Gasteiger partial charge in [-0.05, 0) is 18.2 Å². The number of pyridine rings is 1. The number of carbonyl (C=O) groups is 1. The van der Waals surface area contributed by atoms with Crippen molar-refractivity contribution >= 4 is 16.9 Å². The largest absolute Gasteiger partial charge is 0.476 e. The summed E-state index contributed by atoms with van der Waals surface area (Å²) < 4.78 is 25.9. The molecule has 15 heavy (non-hydrogen) atoms. The number of carboxylic acids is 1. The lowest BCUT2D eigenvalue weighted by Crippen LogP contribution is -2.04. The van der Waals surface area contributed by atoms with Crippen LogP contribution in [0.1, 0.15) is 10.5 Å². The molecule has 76 valence electrons. The van der Waals surface area contributed by atoms with Crippen molar-refractivity contribution in [2.75, 3.05) is 0 Å². The molecule has 0 bridgehead atoms. The molecule has 1 aromatic carbocycles. The number of hydrogen-bond acceptors (Lipinski definition) is 2. The SMILES string of the molecule is O=C(O)c1nc2cc(F)ccc2cc1F. The van der Waals surface area contributed by atoms with E-state index in [0.29, 0.717) is 5.39 Å². The van der Waals surface area contributed by atoms with Gasteiger partial charge in [-0.25, -0.2) is 18.6 Å². The maximum Gasteiger partial charge on any atom is 0.357 e. The quantitative estimate of drug-likeness (QED) is 0.783. The average Bonchev–Trinajstić information content (AvgIpc) is 2.17. The second-order valence-corrected chi connectivity index (χ2v) is 2.96. The Bertz CT molecular complexity index is 554. The van der Waals surface area contributed by atoms with Crippen LogP contribution in [0.4, 0.5) is 8.78 Å². The maximum atomic E-state index is 13.1. The Morgan fingerprint density at radius 3 is 2.67 bits per heavy atom. The van der Waals surface area contributed by atoms with E-state index >= 15 is 0 Å². The third kappa shape index (κ3) is 1.63. The zero-order valence-electron chi connectivity index (χ0n) is 7.37. The molecular weight excluding hydrogens is 204 g/mol. The van der Waals surface area contributed by atoms with Crippen molar-refractivity contribution in [1.29, 1.82) is 0 Å². The molecule has 0 radical (unpaired) electrons. The minimum absolute atomic E-state index is 0.119. The van der Waals surface area contributed by atoms with Crippen LogP contribution in [0.3, 0.4) is 0 Å². The fraction of sp³-hybridized carbons (Fsp3) is 0. The number of fused-ring (bicyclic) bond motifs is 1. The van der Waals surface area contributed by atoms with Crippen molar-refractivity contribution < 1.29 is 18.7 Å². The topological polar surface area (TPSA) is 50.2 Å². The van der Waals surface area contributed by atoms with Gasteiger partial charge in [0.1, 0.15) is 5.82 Å². The van der Waals surface area contributed by atoms with Gasteiger partial charge in [-0.3, -0.25) is 0 Å². The molecule has 0 unspecified atom stereocenters. The summed E-state index contributed by atoms with van der Waals surface area (Å²) in [5, 5.41) is 8.96. The smallest absolute Gasteiger partial charge is 0.357 e. The van der Waals surface area contributed by atoms with Crippen LogP contribution in [0.5, 0.6) is 0 Å². The first-order valence-electron chi connectivity index (χ1n) is 4.07. The third-order valence-electron chi connectivity index (χ3n) is 1.94. The van der Waals surface area contributed by atoms with Gasteiger partial charge in [0.05, 0.1) is 5.52 Å². The summed E-state index contributed by atoms with van der Waals surface area (Å²) in [6.07, 6.45) is 0. The van der Waals surface area contributed by atoms with Gasteiger partial charge < -0.3 is 5.11 Å². The summed E-state index contributed by atoms with van der Waals surface area (Å²) in [6, 6.07) is 4.57. The van der Waals surface area contributed by atoms with E-state index in [1.54, 1.807) is 0 Å². The van der Waals surface area contributed by atoms with Crippen LogP contribution in [0.25, 0.3) is 10.9 Å². The van der Waals surface area contributed by atoms with E-state index < -0.39 is 23.3 Å². The Kier molecular flexibility index (Phi) is 2.07. The predicted octanol–water partition coefficient (Wildman–Crippen LogP) is 2.21. The molecule has 1 N–H and O–H groups in total. The average molecular weight is 209 g/mol. The Labute approximate surface area is 83.0 Å². The molecule has 0 spiro atoms.